The monoisotopic (exact) mass is 391 g/mol. The van der Waals surface area contributed by atoms with Crippen LogP contribution >= 0.6 is 0 Å². The van der Waals surface area contributed by atoms with E-state index in [9.17, 15) is 9.90 Å². The average molecular weight is 392 g/mol. The minimum Gasteiger partial charge on any atom is -0.496 e. The Morgan fingerprint density at radius 3 is 2.61 bits per heavy atom. The summed E-state index contributed by atoms with van der Waals surface area (Å²) in [5, 5.41) is 9.63. The molecule has 28 heavy (non-hydrogen) atoms. The van der Waals surface area contributed by atoms with Crippen molar-refractivity contribution in [1.82, 2.24) is 14.7 Å². The van der Waals surface area contributed by atoms with Crippen molar-refractivity contribution >= 4 is 5.91 Å². The molecule has 1 amide bonds. The maximum absolute atomic E-state index is 12.8. The highest BCUT2D eigenvalue weighted by atomic mass is 16.5. The molecule has 2 aliphatic rings. The lowest BCUT2D eigenvalue weighted by molar-refractivity contribution is -0.0841. The molecule has 3 rings (SSSR count). The van der Waals surface area contributed by atoms with Crippen molar-refractivity contribution in [2.24, 2.45) is 0 Å². The highest BCUT2D eigenvalue weighted by Crippen LogP contribution is 2.21. The van der Waals surface area contributed by atoms with Gasteiger partial charge in [-0.2, -0.15) is 0 Å². The third-order valence-corrected chi connectivity index (χ3v) is 5.84. The van der Waals surface area contributed by atoms with Crippen molar-refractivity contribution < 1.29 is 19.4 Å². The molecule has 2 fully saturated rings. The summed E-state index contributed by atoms with van der Waals surface area (Å²) in [7, 11) is 1.59. The predicted octanol–water partition coefficient (Wildman–Crippen LogP) is 0.925. The van der Waals surface area contributed by atoms with E-state index >= 15 is 0 Å². The number of nitrogens with zero attached hydrogens (tertiary/aromatic N) is 3. The smallest absolute Gasteiger partial charge is 0.257 e. The van der Waals surface area contributed by atoms with Crippen LogP contribution in [0.25, 0.3) is 0 Å². The number of methoxy groups -OCH3 is 1. The minimum atomic E-state index is -0.220. The zero-order valence-corrected chi connectivity index (χ0v) is 17.3. The maximum atomic E-state index is 12.8. The first kappa shape index (κ1) is 21.0. The first-order valence-corrected chi connectivity index (χ1v) is 10.1. The Kier molecular flexibility index (Phi) is 6.93. The van der Waals surface area contributed by atoms with Gasteiger partial charge in [0.05, 0.1) is 32.0 Å². The van der Waals surface area contributed by atoms with E-state index in [1.165, 1.54) is 0 Å². The molecule has 0 aromatic heterocycles. The first-order chi connectivity index (χ1) is 13.4. The molecular weight excluding hydrogens is 358 g/mol. The number of carbonyl (C=O) groups excluding carboxylic acids is 1. The molecule has 0 saturated carbocycles. The Labute approximate surface area is 167 Å². The van der Waals surface area contributed by atoms with Crippen LogP contribution in [-0.4, -0.2) is 103 Å². The summed E-state index contributed by atoms with van der Waals surface area (Å²) in [5.41, 5.74) is 0.401. The van der Waals surface area contributed by atoms with Gasteiger partial charge in [0.15, 0.2) is 0 Å². The van der Waals surface area contributed by atoms with E-state index in [1.807, 2.05) is 29.2 Å². The number of para-hydroxylation sites is 1. The van der Waals surface area contributed by atoms with Crippen LogP contribution in [0.5, 0.6) is 5.75 Å². The Morgan fingerprint density at radius 2 is 1.93 bits per heavy atom. The number of rotatable bonds is 6. The number of amides is 1. The molecule has 7 heteroatoms. The minimum absolute atomic E-state index is 0.0295. The summed E-state index contributed by atoms with van der Waals surface area (Å²) >= 11 is 0. The number of hydrogen-bond donors (Lipinski definition) is 1. The molecule has 7 nitrogen and oxygen atoms in total. The highest BCUT2D eigenvalue weighted by molar-refractivity contribution is 5.97. The molecule has 0 aliphatic carbocycles. The molecule has 1 atom stereocenters. The van der Waals surface area contributed by atoms with Crippen LogP contribution in [0, 0.1) is 0 Å². The Hall–Kier alpha value is -1.67. The number of benzene rings is 1. The summed E-state index contributed by atoms with van der Waals surface area (Å²) in [5.74, 6) is 0.652. The van der Waals surface area contributed by atoms with Crippen LogP contribution in [0.2, 0.25) is 0 Å². The van der Waals surface area contributed by atoms with Gasteiger partial charge in [-0.05, 0) is 26.0 Å². The van der Waals surface area contributed by atoms with E-state index < -0.39 is 0 Å². The quantitative estimate of drug-likeness (QED) is 0.778. The molecular formula is C21H33N3O4. The maximum Gasteiger partial charge on any atom is 0.257 e. The third kappa shape index (κ3) is 4.84. The van der Waals surface area contributed by atoms with Crippen molar-refractivity contribution in [2.75, 3.05) is 66.1 Å². The number of aliphatic hydroxyl groups excluding tert-OH is 1. The zero-order valence-electron chi connectivity index (χ0n) is 17.3. The van der Waals surface area contributed by atoms with Crippen LogP contribution < -0.4 is 4.74 Å². The summed E-state index contributed by atoms with van der Waals surface area (Å²) in [6.45, 7) is 10.6. The normalized spacial score (nSPS) is 22.3. The Morgan fingerprint density at radius 1 is 1.21 bits per heavy atom. The van der Waals surface area contributed by atoms with Gasteiger partial charge in [-0.1, -0.05) is 12.1 Å². The molecule has 0 radical (unpaired) electrons. The Balaban J connectivity index is 1.51. The topological polar surface area (TPSA) is 65.5 Å². The van der Waals surface area contributed by atoms with Crippen LogP contribution in [0.1, 0.15) is 24.2 Å². The molecule has 1 unspecified atom stereocenters. The second-order valence-electron chi connectivity index (χ2n) is 8.20. The van der Waals surface area contributed by atoms with Gasteiger partial charge in [-0.3, -0.25) is 14.6 Å². The van der Waals surface area contributed by atoms with Gasteiger partial charge in [-0.25, -0.2) is 0 Å². The van der Waals surface area contributed by atoms with Crippen LogP contribution in [0.15, 0.2) is 24.3 Å². The summed E-state index contributed by atoms with van der Waals surface area (Å²) in [4.78, 5) is 19.4. The van der Waals surface area contributed by atoms with Crippen molar-refractivity contribution in [3.05, 3.63) is 29.8 Å². The molecule has 1 aromatic carbocycles. The first-order valence-electron chi connectivity index (χ1n) is 10.1. The number of aliphatic hydroxyl groups is 1. The van der Waals surface area contributed by atoms with Gasteiger partial charge < -0.3 is 19.5 Å². The molecule has 1 N–H and O–H groups in total. The van der Waals surface area contributed by atoms with Gasteiger partial charge in [0, 0.05) is 51.4 Å². The summed E-state index contributed by atoms with van der Waals surface area (Å²) in [6, 6.07) is 7.38. The van der Waals surface area contributed by atoms with Gasteiger partial charge in [0.1, 0.15) is 5.75 Å². The van der Waals surface area contributed by atoms with E-state index in [1.54, 1.807) is 7.11 Å². The van der Waals surface area contributed by atoms with Gasteiger partial charge >= 0.3 is 0 Å². The van der Waals surface area contributed by atoms with E-state index in [4.69, 9.17) is 9.47 Å². The van der Waals surface area contributed by atoms with Crippen molar-refractivity contribution in [3.8, 4) is 5.75 Å². The van der Waals surface area contributed by atoms with E-state index in [0.717, 1.165) is 32.7 Å². The van der Waals surface area contributed by atoms with Crippen molar-refractivity contribution in [1.29, 1.82) is 0 Å². The fourth-order valence-electron chi connectivity index (χ4n) is 3.89. The van der Waals surface area contributed by atoms with E-state index in [0.29, 0.717) is 31.0 Å². The molecule has 2 aliphatic heterocycles. The molecule has 0 bridgehead atoms. The van der Waals surface area contributed by atoms with E-state index in [-0.39, 0.29) is 24.2 Å². The molecule has 156 valence electrons. The molecule has 2 saturated heterocycles. The lowest BCUT2D eigenvalue weighted by Crippen LogP contribution is -2.58. The molecule has 1 aromatic rings. The van der Waals surface area contributed by atoms with Crippen molar-refractivity contribution in [3.63, 3.8) is 0 Å². The zero-order chi connectivity index (χ0) is 20.1. The second kappa shape index (κ2) is 9.22. The number of hydrogen-bond acceptors (Lipinski definition) is 6. The summed E-state index contributed by atoms with van der Waals surface area (Å²) < 4.78 is 11.3. The van der Waals surface area contributed by atoms with E-state index in [2.05, 4.69) is 23.6 Å². The van der Waals surface area contributed by atoms with Crippen molar-refractivity contribution in [2.45, 2.75) is 25.5 Å². The fourth-order valence-corrected chi connectivity index (χ4v) is 3.89. The van der Waals surface area contributed by atoms with Crippen LogP contribution in [0.3, 0.4) is 0 Å². The second-order valence-corrected chi connectivity index (χ2v) is 8.20. The van der Waals surface area contributed by atoms with Crippen LogP contribution in [-0.2, 0) is 4.74 Å². The number of ether oxygens (including phenoxy) is 2. The standard InChI is InChI=1S/C21H33N3O4/c1-21(2,16-25)24-12-13-28-17(15-24)14-22-8-10-23(11-9-22)20(26)18-6-4-5-7-19(18)27-3/h4-7,17,25H,8-16H2,1-3H3. The number of carbonyl (C=O) groups is 1. The largest absolute Gasteiger partial charge is 0.496 e. The lowest BCUT2D eigenvalue weighted by Gasteiger charge is -2.44. The van der Waals surface area contributed by atoms with Gasteiger partial charge in [-0.15, -0.1) is 0 Å². The average Bonchev–Trinajstić information content (AvgIpc) is 2.74. The van der Waals surface area contributed by atoms with Gasteiger partial charge in [0.25, 0.3) is 5.91 Å². The molecule has 2 heterocycles. The molecule has 0 spiro atoms. The Bertz CT molecular complexity index is 659. The number of piperazine rings is 1. The SMILES string of the molecule is COc1ccccc1C(=O)N1CCN(CC2CN(C(C)(C)CO)CCO2)CC1. The predicted molar refractivity (Wildman–Crippen MR) is 108 cm³/mol. The lowest BCUT2D eigenvalue weighted by atomic mass is 10.0. The summed E-state index contributed by atoms with van der Waals surface area (Å²) in [6.07, 6.45) is 0.135. The highest BCUT2D eigenvalue weighted by Gasteiger charge is 2.33. The number of morpholine rings is 1. The fraction of sp³-hybridized carbons (Fsp3) is 0.667. The van der Waals surface area contributed by atoms with Gasteiger partial charge in [0.2, 0.25) is 0 Å². The van der Waals surface area contributed by atoms with Crippen LogP contribution in [0.4, 0.5) is 0 Å². The third-order valence-electron chi connectivity index (χ3n) is 5.84.